The first-order chi connectivity index (χ1) is 10.2. The number of imidazole rings is 1. The maximum atomic E-state index is 13.3. The maximum Gasteiger partial charge on any atom is 0.233 e. The molecule has 7 nitrogen and oxygen atoms in total. The Morgan fingerprint density at radius 2 is 2.14 bits per heavy atom. The summed E-state index contributed by atoms with van der Waals surface area (Å²) in [6.45, 7) is 1.94. The number of fused-ring (bicyclic) bond motifs is 2. The van der Waals surface area contributed by atoms with E-state index < -0.39 is 5.95 Å². The molecule has 21 heavy (non-hydrogen) atoms. The van der Waals surface area contributed by atoms with E-state index >= 15 is 0 Å². The number of hydrogen-bond acceptors (Lipinski definition) is 5. The van der Waals surface area contributed by atoms with Crippen molar-refractivity contribution in [3.63, 3.8) is 0 Å². The molecule has 0 saturated carbocycles. The average molecular weight is 283 g/mol. The number of hydrogen-bond donors (Lipinski definition) is 0. The molecule has 8 heteroatoms. The molecule has 0 unspecified atom stereocenters. The molecule has 0 fully saturated rings. The smallest absolute Gasteiger partial charge is 0.233 e. The fraction of sp³-hybridized carbons (Fsp3) is 0.154. The summed E-state index contributed by atoms with van der Waals surface area (Å²) >= 11 is 0. The molecule has 104 valence electrons. The minimum Gasteiger partial charge on any atom is -0.307 e. The lowest BCUT2D eigenvalue weighted by Crippen LogP contribution is -2.10. The third-order valence-electron chi connectivity index (χ3n) is 3.42. The molecule has 0 aliphatic heterocycles. The van der Waals surface area contributed by atoms with Crippen molar-refractivity contribution < 1.29 is 4.39 Å². The Morgan fingerprint density at radius 1 is 1.24 bits per heavy atom. The van der Waals surface area contributed by atoms with Gasteiger partial charge < -0.3 is 4.40 Å². The summed E-state index contributed by atoms with van der Waals surface area (Å²) in [5, 5.41) is 7.94. The molecular weight excluding hydrogens is 273 g/mol. The number of pyridine rings is 1. The highest BCUT2D eigenvalue weighted by atomic mass is 19.1. The van der Waals surface area contributed by atoms with Crippen LogP contribution in [0.25, 0.3) is 16.9 Å². The standard InChI is InChI=1S/C13H10FN7/c1-8(9-2-3-11-15-4-5-20(11)7-9)21-13-12(18-19-21)16-6-10(14)17-13/h2-8H,1H3/t8-/m0/s1. The van der Waals surface area contributed by atoms with E-state index in [-0.39, 0.29) is 6.04 Å². The second-order valence-corrected chi connectivity index (χ2v) is 4.71. The lowest BCUT2D eigenvalue weighted by molar-refractivity contribution is 0.541. The molecular formula is C13H10FN7. The minimum absolute atomic E-state index is 0.155. The van der Waals surface area contributed by atoms with Crippen molar-refractivity contribution in [3.8, 4) is 0 Å². The number of rotatable bonds is 2. The van der Waals surface area contributed by atoms with Crippen LogP contribution in [0.2, 0.25) is 0 Å². The molecule has 4 aromatic rings. The molecule has 0 amide bonds. The van der Waals surface area contributed by atoms with E-state index in [2.05, 4.69) is 25.3 Å². The second kappa shape index (κ2) is 4.30. The van der Waals surface area contributed by atoms with Gasteiger partial charge in [-0.1, -0.05) is 11.3 Å². The van der Waals surface area contributed by atoms with Gasteiger partial charge in [0, 0.05) is 18.6 Å². The molecule has 4 heterocycles. The summed E-state index contributed by atoms with van der Waals surface area (Å²) in [4.78, 5) is 11.9. The molecule has 0 saturated heterocycles. The average Bonchev–Trinajstić information content (AvgIpc) is 3.11. The molecule has 0 aliphatic carbocycles. The molecule has 0 aliphatic rings. The largest absolute Gasteiger partial charge is 0.307 e. The summed E-state index contributed by atoms with van der Waals surface area (Å²) in [6.07, 6.45) is 6.58. The van der Waals surface area contributed by atoms with Crippen LogP contribution in [0.3, 0.4) is 0 Å². The van der Waals surface area contributed by atoms with Gasteiger partial charge in [-0.15, -0.1) is 5.10 Å². The monoisotopic (exact) mass is 283 g/mol. The molecule has 0 spiro atoms. The van der Waals surface area contributed by atoms with Gasteiger partial charge in [0.1, 0.15) is 5.65 Å². The van der Waals surface area contributed by atoms with Gasteiger partial charge in [0.15, 0.2) is 0 Å². The third kappa shape index (κ3) is 1.83. The first kappa shape index (κ1) is 11.9. The first-order valence-electron chi connectivity index (χ1n) is 6.38. The van der Waals surface area contributed by atoms with Crippen LogP contribution < -0.4 is 0 Å². The van der Waals surface area contributed by atoms with Crippen LogP contribution in [0.15, 0.2) is 36.9 Å². The van der Waals surface area contributed by atoms with Gasteiger partial charge in [-0.3, -0.25) is 0 Å². The van der Waals surface area contributed by atoms with Crippen LogP contribution >= 0.6 is 0 Å². The van der Waals surface area contributed by atoms with Gasteiger partial charge in [-0.25, -0.2) is 14.6 Å². The Labute approximate surface area is 118 Å². The van der Waals surface area contributed by atoms with E-state index in [1.807, 2.05) is 35.9 Å². The Bertz CT molecular complexity index is 942. The van der Waals surface area contributed by atoms with Crippen molar-refractivity contribution in [2.24, 2.45) is 0 Å². The van der Waals surface area contributed by atoms with E-state index in [0.717, 1.165) is 17.4 Å². The summed E-state index contributed by atoms with van der Waals surface area (Å²) in [6, 6.07) is 3.71. The Balaban J connectivity index is 1.84. The SMILES string of the molecule is C[C@@H](c1ccc2nccn2c1)n1nnc2ncc(F)nc21. The highest BCUT2D eigenvalue weighted by Crippen LogP contribution is 2.20. The predicted octanol–water partition coefficient (Wildman–Crippen LogP) is 1.62. The summed E-state index contributed by atoms with van der Waals surface area (Å²) in [5.74, 6) is -0.650. The van der Waals surface area contributed by atoms with Gasteiger partial charge in [-0.05, 0) is 18.6 Å². The Morgan fingerprint density at radius 3 is 3.05 bits per heavy atom. The third-order valence-corrected chi connectivity index (χ3v) is 3.42. The lowest BCUT2D eigenvalue weighted by Gasteiger charge is -2.12. The highest BCUT2D eigenvalue weighted by Gasteiger charge is 2.16. The highest BCUT2D eigenvalue weighted by molar-refractivity contribution is 5.63. The fourth-order valence-electron chi connectivity index (χ4n) is 2.30. The van der Waals surface area contributed by atoms with Gasteiger partial charge in [0.2, 0.25) is 17.2 Å². The van der Waals surface area contributed by atoms with Crippen molar-refractivity contribution in [1.29, 1.82) is 0 Å². The van der Waals surface area contributed by atoms with E-state index in [1.165, 1.54) is 0 Å². The molecule has 0 bridgehead atoms. The summed E-state index contributed by atoms with van der Waals surface area (Å²) < 4.78 is 16.7. The molecule has 4 aromatic heterocycles. The van der Waals surface area contributed by atoms with Crippen LogP contribution in [0.5, 0.6) is 0 Å². The predicted molar refractivity (Wildman–Crippen MR) is 72.1 cm³/mol. The van der Waals surface area contributed by atoms with Crippen molar-refractivity contribution in [1.82, 2.24) is 34.3 Å². The minimum atomic E-state index is -0.650. The van der Waals surface area contributed by atoms with E-state index in [0.29, 0.717) is 11.3 Å². The zero-order valence-electron chi connectivity index (χ0n) is 11.0. The topological polar surface area (TPSA) is 73.8 Å². The number of halogens is 1. The first-order valence-corrected chi connectivity index (χ1v) is 6.38. The van der Waals surface area contributed by atoms with Crippen molar-refractivity contribution in [2.45, 2.75) is 13.0 Å². The van der Waals surface area contributed by atoms with Gasteiger partial charge in [0.05, 0.1) is 12.2 Å². The Hall–Kier alpha value is -2.90. The number of aromatic nitrogens is 7. The fourth-order valence-corrected chi connectivity index (χ4v) is 2.30. The molecule has 4 rings (SSSR count). The zero-order chi connectivity index (χ0) is 14.4. The molecule has 0 radical (unpaired) electrons. The van der Waals surface area contributed by atoms with Gasteiger partial charge in [0.25, 0.3) is 0 Å². The van der Waals surface area contributed by atoms with E-state index in [1.54, 1.807) is 10.9 Å². The summed E-state index contributed by atoms with van der Waals surface area (Å²) in [7, 11) is 0. The van der Waals surface area contributed by atoms with Crippen LogP contribution in [-0.4, -0.2) is 34.3 Å². The van der Waals surface area contributed by atoms with Crippen LogP contribution in [0.1, 0.15) is 18.5 Å². The van der Waals surface area contributed by atoms with E-state index in [9.17, 15) is 4.39 Å². The normalized spacial score (nSPS) is 13.0. The van der Waals surface area contributed by atoms with Crippen molar-refractivity contribution in [3.05, 3.63) is 48.4 Å². The van der Waals surface area contributed by atoms with Gasteiger partial charge in [-0.2, -0.15) is 9.37 Å². The van der Waals surface area contributed by atoms with E-state index in [4.69, 9.17) is 0 Å². The van der Waals surface area contributed by atoms with Crippen molar-refractivity contribution >= 4 is 16.9 Å². The van der Waals surface area contributed by atoms with Crippen LogP contribution in [-0.2, 0) is 0 Å². The van der Waals surface area contributed by atoms with Gasteiger partial charge >= 0.3 is 0 Å². The Kier molecular flexibility index (Phi) is 2.44. The van der Waals surface area contributed by atoms with Crippen LogP contribution in [0, 0.1) is 5.95 Å². The lowest BCUT2D eigenvalue weighted by atomic mass is 10.1. The zero-order valence-corrected chi connectivity index (χ0v) is 11.0. The molecule has 0 N–H and O–H groups in total. The molecule has 1 atom stereocenters. The maximum absolute atomic E-state index is 13.3. The van der Waals surface area contributed by atoms with Crippen molar-refractivity contribution in [2.75, 3.05) is 0 Å². The number of nitrogens with zero attached hydrogens (tertiary/aromatic N) is 7. The van der Waals surface area contributed by atoms with Crippen LogP contribution in [0.4, 0.5) is 4.39 Å². The quantitative estimate of drug-likeness (QED) is 0.559. The second-order valence-electron chi connectivity index (χ2n) is 4.71. The molecule has 0 aromatic carbocycles. The summed E-state index contributed by atoms with van der Waals surface area (Å²) in [5.41, 5.74) is 2.50.